The molecule has 6 heteroatoms. The molecule has 0 saturated carbocycles. The molecule has 0 fully saturated rings. The zero-order valence-corrected chi connectivity index (χ0v) is 11.1. The van der Waals surface area contributed by atoms with Crippen LogP contribution in [0.1, 0.15) is 30.8 Å². The van der Waals surface area contributed by atoms with Gasteiger partial charge in [0, 0.05) is 18.4 Å². The lowest BCUT2D eigenvalue weighted by molar-refractivity contribution is -0.109. The number of aryl methyl sites for hydroxylation is 1. The lowest BCUT2D eigenvalue weighted by atomic mass is 10.1. The van der Waals surface area contributed by atoms with Gasteiger partial charge < -0.3 is 15.3 Å². The number of hydrogen-bond donors (Lipinski definition) is 3. The molecule has 1 heterocycles. The number of aromatic hydroxyl groups is 1. The Morgan fingerprint density at radius 2 is 2.11 bits per heavy atom. The summed E-state index contributed by atoms with van der Waals surface area (Å²) in [5, 5.41) is 29.2. The van der Waals surface area contributed by atoms with E-state index in [9.17, 15) is 20.1 Å². The van der Waals surface area contributed by atoms with E-state index in [2.05, 4.69) is 4.98 Å². The van der Waals surface area contributed by atoms with Crippen LogP contribution in [-0.2, 0) is 4.79 Å². The molecule has 0 spiro atoms. The van der Waals surface area contributed by atoms with Gasteiger partial charge in [0.05, 0.1) is 6.10 Å². The van der Waals surface area contributed by atoms with Crippen molar-refractivity contribution >= 4 is 16.9 Å². The predicted molar refractivity (Wildman–Crippen MR) is 69.4 cm³/mol. The van der Waals surface area contributed by atoms with Crippen LogP contribution in [0.15, 0.2) is 12.1 Å². The monoisotopic (exact) mass is 271 g/mol. The number of carbonyl (C=O) groups excluding carboxylic acids is 1. The lowest BCUT2D eigenvalue weighted by Crippen LogP contribution is -2.20. The van der Waals surface area contributed by atoms with E-state index in [-0.39, 0.29) is 23.0 Å². The van der Waals surface area contributed by atoms with Crippen molar-refractivity contribution in [1.82, 2.24) is 4.98 Å². The first-order valence-corrected chi connectivity index (χ1v) is 6.56. The van der Waals surface area contributed by atoms with Crippen LogP contribution in [0.25, 0.3) is 0 Å². The van der Waals surface area contributed by atoms with Crippen LogP contribution in [0, 0.1) is 6.92 Å². The Morgan fingerprint density at radius 1 is 1.44 bits per heavy atom. The topological polar surface area (TPSA) is 90.7 Å². The Morgan fingerprint density at radius 3 is 2.72 bits per heavy atom. The van der Waals surface area contributed by atoms with Crippen LogP contribution in [0.3, 0.4) is 0 Å². The summed E-state index contributed by atoms with van der Waals surface area (Å²) in [6, 6.07) is 3.04. The first-order valence-electron chi connectivity index (χ1n) is 5.58. The molecule has 0 aliphatic heterocycles. The number of aliphatic hydroxyl groups is 2. The highest BCUT2D eigenvalue weighted by molar-refractivity contribution is 8.13. The number of aromatic nitrogens is 1. The smallest absolute Gasteiger partial charge is 0.185 e. The Hall–Kier alpha value is -1.11. The molecule has 0 radical (unpaired) electrons. The fourth-order valence-corrected chi connectivity index (χ4v) is 2.10. The zero-order valence-electron chi connectivity index (χ0n) is 10.3. The van der Waals surface area contributed by atoms with Gasteiger partial charge in [-0.1, -0.05) is 11.8 Å². The van der Waals surface area contributed by atoms with E-state index in [1.54, 1.807) is 13.0 Å². The molecule has 100 valence electrons. The maximum atomic E-state index is 10.7. The highest BCUT2D eigenvalue weighted by Crippen LogP contribution is 2.26. The highest BCUT2D eigenvalue weighted by Gasteiger charge is 2.22. The van der Waals surface area contributed by atoms with E-state index in [4.69, 9.17) is 0 Å². The van der Waals surface area contributed by atoms with E-state index in [0.717, 1.165) is 11.8 Å². The highest BCUT2D eigenvalue weighted by atomic mass is 32.2. The molecular formula is C12H17NO4S. The van der Waals surface area contributed by atoms with Crippen molar-refractivity contribution in [2.45, 2.75) is 32.5 Å². The minimum Gasteiger partial charge on any atom is -0.506 e. The van der Waals surface area contributed by atoms with E-state index in [1.165, 1.54) is 13.0 Å². The van der Waals surface area contributed by atoms with Crippen molar-refractivity contribution in [2.24, 2.45) is 0 Å². The van der Waals surface area contributed by atoms with Gasteiger partial charge in [0.2, 0.25) is 0 Å². The van der Waals surface area contributed by atoms with Crippen LogP contribution in [0.5, 0.6) is 5.75 Å². The average Bonchev–Trinajstić information content (AvgIpc) is 2.30. The molecule has 5 nitrogen and oxygen atoms in total. The molecule has 0 saturated heterocycles. The molecule has 0 aromatic carbocycles. The van der Waals surface area contributed by atoms with Crippen molar-refractivity contribution in [3.05, 3.63) is 23.5 Å². The number of thioether (sulfide) groups is 1. The van der Waals surface area contributed by atoms with Crippen LogP contribution in [-0.4, -0.2) is 37.3 Å². The van der Waals surface area contributed by atoms with Gasteiger partial charge in [-0.05, 0) is 25.5 Å². The van der Waals surface area contributed by atoms with Gasteiger partial charge in [0.1, 0.15) is 17.5 Å². The van der Waals surface area contributed by atoms with Gasteiger partial charge in [-0.25, -0.2) is 0 Å². The Kier molecular flexibility index (Phi) is 5.58. The summed E-state index contributed by atoms with van der Waals surface area (Å²) >= 11 is 1.09. The van der Waals surface area contributed by atoms with Crippen molar-refractivity contribution in [3.8, 4) is 5.75 Å². The minimum atomic E-state index is -1.25. The number of pyridine rings is 1. The van der Waals surface area contributed by atoms with Crippen LogP contribution < -0.4 is 0 Å². The predicted octanol–water partition coefficient (Wildman–Crippen LogP) is 1.16. The fraction of sp³-hybridized carbons (Fsp3) is 0.500. The first-order chi connectivity index (χ1) is 8.41. The molecule has 0 aliphatic carbocycles. The van der Waals surface area contributed by atoms with Gasteiger partial charge >= 0.3 is 0 Å². The maximum Gasteiger partial charge on any atom is 0.185 e. The summed E-state index contributed by atoms with van der Waals surface area (Å²) < 4.78 is 0. The maximum absolute atomic E-state index is 10.7. The average molecular weight is 271 g/mol. The molecule has 0 amide bonds. The molecule has 2 atom stereocenters. The fourth-order valence-electron chi connectivity index (χ4n) is 1.45. The SMILES string of the molecule is CC(=O)SCCC(O)C(O)c1nc(C)ccc1O. The standard InChI is InChI=1S/C12H17NO4S/c1-7-3-4-9(15)11(13-7)12(17)10(16)5-6-18-8(2)14/h3-4,10,12,15-17H,5-6H2,1-2H3. The van der Waals surface area contributed by atoms with Crippen LogP contribution in [0.2, 0.25) is 0 Å². The third-order valence-electron chi connectivity index (χ3n) is 2.41. The van der Waals surface area contributed by atoms with Crippen LogP contribution >= 0.6 is 11.8 Å². The Balaban J connectivity index is 2.64. The number of carbonyl (C=O) groups is 1. The molecule has 1 rings (SSSR count). The van der Waals surface area contributed by atoms with Crippen LogP contribution in [0.4, 0.5) is 0 Å². The number of hydrogen-bond acceptors (Lipinski definition) is 6. The van der Waals surface area contributed by atoms with Gasteiger partial charge in [-0.2, -0.15) is 0 Å². The second-order valence-electron chi connectivity index (χ2n) is 4.00. The van der Waals surface area contributed by atoms with Gasteiger partial charge in [-0.3, -0.25) is 9.78 Å². The minimum absolute atomic E-state index is 0.0341. The molecule has 0 bridgehead atoms. The number of rotatable bonds is 5. The summed E-state index contributed by atoms with van der Waals surface area (Å²) in [7, 11) is 0. The Labute approximate surface area is 110 Å². The largest absolute Gasteiger partial charge is 0.506 e. The quantitative estimate of drug-likeness (QED) is 0.744. The van der Waals surface area contributed by atoms with Crippen molar-refractivity contribution in [2.75, 3.05) is 5.75 Å². The van der Waals surface area contributed by atoms with E-state index in [1.807, 2.05) is 0 Å². The van der Waals surface area contributed by atoms with Crippen molar-refractivity contribution in [3.63, 3.8) is 0 Å². The molecule has 1 aromatic rings. The summed E-state index contributed by atoms with van der Waals surface area (Å²) in [4.78, 5) is 14.7. The van der Waals surface area contributed by atoms with E-state index in [0.29, 0.717) is 11.4 Å². The summed E-state index contributed by atoms with van der Waals surface area (Å²) in [6.45, 7) is 3.18. The normalized spacial score (nSPS) is 14.2. The molecule has 0 aliphatic rings. The molecule has 2 unspecified atom stereocenters. The summed E-state index contributed by atoms with van der Waals surface area (Å²) in [6.07, 6.45) is -2.06. The van der Waals surface area contributed by atoms with E-state index < -0.39 is 12.2 Å². The number of nitrogens with zero attached hydrogens (tertiary/aromatic N) is 1. The third kappa shape index (κ3) is 4.29. The van der Waals surface area contributed by atoms with Gasteiger partial charge in [-0.15, -0.1) is 0 Å². The molecule has 3 N–H and O–H groups in total. The molecular weight excluding hydrogens is 254 g/mol. The van der Waals surface area contributed by atoms with Crippen molar-refractivity contribution < 1.29 is 20.1 Å². The molecule has 1 aromatic heterocycles. The second kappa shape index (κ2) is 6.72. The lowest BCUT2D eigenvalue weighted by Gasteiger charge is -2.18. The van der Waals surface area contributed by atoms with Gasteiger partial charge in [0.25, 0.3) is 0 Å². The summed E-state index contributed by atoms with van der Waals surface area (Å²) in [5.74, 6) is 0.270. The number of aliphatic hydroxyl groups excluding tert-OH is 2. The van der Waals surface area contributed by atoms with Crippen molar-refractivity contribution in [1.29, 1.82) is 0 Å². The summed E-state index contributed by atoms with van der Waals surface area (Å²) in [5.41, 5.74) is 0.711. The zero-order chi connectivity index (χ0) is 13.7. The third-order valence-corrected chi connectivity index (χ3v) is 3.25. The first kappa shape index (κ1) is 14.9. The van der Waals surface area contributed by atoms with E-state index >= 15 is 0 Å². The van der Waals surface area contributed by atoms with Gasteiger partial charge in [0.15, 0.2) is 5.12 Å². The second-order valence-corrected chi connectivity index (χ2v) is 5.27. The Bertz CT molecular complexity index is 425. The molecule has 18 heavy (non-hydrogen) atoms.